The third-order valence-electron chi connectivity index (χ3n) is 4.72. The number of pyridine rings is 1. The highest BCUT2D eigenvalue weighted by Crippen LogP contribution is 2.27. The monoisotopic (exact) mass is 345 g/mol. The molecule has 0 radical (unpaired) electrons. The lowest BCUT2D eigenvalue weighted by molar-refractivity contribution is 0.0543. The largest absolute Gasteiger partial charge is 0.382 e. The average Bonchev–Trinajstić information content (AvgIpc) is 2.57. The van der Waals surface area contributed by atoms with Gasteiger partial charge in [0.1, 0.15) is 11.3 Å². The number of piperidine rings is 1. The summed E-state index contributed by atoms with van der Waals surface area (Å²) in [6.07, 6.45) is 2.46. The number of aryl methyl sites for hydroxylation is 1. The summed E-state index contributed by atoms with van der Waals surface area (Å²) in [5.74, 6) is -0.260. The third kappa shape index (κ3) is 4.67. The molecule has 0 unspecified atom stereocenters. The molecule has 25 heavy (non-hydrogen) atoms. The lowest BCUT2D eigenvalue weighted by Crippen LogP contribution is -2.40. The number of para-hydroxylation sites is 1. The van der Waals surface area contributed by atoms with E-state index in [1.165, 1.54) is 6.07 Å². The molecule has 2 heterocycles. The number of likely N-dealkylation sites (tertiary alicyclic amines) is 1. The van der Waals surface area contributed by atoms with Gasteiger partial charge in [-0.1, -0.05) is 12.1 Å². The molecule has 4 nitrogen and oxygen atoms in total. The summed E-state index contributed by atoms with van der Waals surface area (Å²) in [6, 6.07) is 7.58. The van der Waals surface area contributed by atoms with Crippen molar-refractivity contribution < 1.29 is 9.13 Å². The van der Waals surface area contributed by atoms with Crippen molar-refractivity contribution in [3.63, 3.8) is 0 Å². The Bertz CT molecular complexity index is 711. The zero-order valence-electron chi connectivity index (χ0n) is 15.4. The second-order valence-electron chi connectivity index (χ2n) is 7.13. The Balaban J connectivity index is 1.61. The topological polar surface area (TPSA) is 37.4 Å². The van der Waals surface area contributed by atoms with Gasteiger partial charge in [-0.05, 0) is 45.7 Å². The van der Waals surface area contributed by atoms with Crippen LogP contribution in [0.3, 0.4) is 0 Å². The van der Waals surface area contributed by atoms with Crippen LogP contribution < -0.4 is 5.32 Å². The number of nitrogens with zero attached hydrogens (tertiary/aromatic N) is 2. The molecule has 1 fully saturated rings. The molecule has 5 heteroatoms. The SMILES string of the molecule is Cc1cc(NC2CCN(CCOC(C)C)CC2)c2cccc(F)c2n1. The van der Waals surface area contributed by atoms with Crippen molar-refractivity contribution in [3.05, 3.63) is 35.8 Å². The number of hydrogen-bond donors (Lipinski definition) is 1. The molecule has 0 atom stereocenters. The first-order chi connectivity index (χ1) is 12.0. The van der Waals surface area contributed by atoms with Crippen LogP contribution in [0.1, 0.15) is 32.4 Å². The number of rotatable bonds is 6. The van der Waals surface area contributed by atoms with E-state index in [1.54, 1.807) is 6.07 Å². The molecule has 1 aliphatic heterocycles. The molecule has 0 saturated carbocycles. The van der Waals surface area contributed by atoms with E-state index in [2.05, 4.69) is 29.0 Å². The number of hydrogen-bond acceptors (Lipinski definition) is 4. The van der Waals surface area contributed by atoms with Gasteiger partial charge in [0.05, 0.1) is 12.7 Å². The van der Waals surface area contributed by atoms with Gasteiger partial charge in [0, 0.05) is 42.4 Å². The van der Waals surface area contributed by atoms with Crippen LogP contribution in [0.15, 0.2) is 24.3 Å². The smallest absolute Gasteiger partial charge is 0.149 e. The van der Waals surface area contributed by atoms with Crippen molar-refractivity contribution in [3.8, 4) is 0 Å². The van der Waals surface area contributed by atoms with Crippen molar-refractivity contribution in [1.29, 1.82) is 0 Å². The molecular formula is C20H28FN3O. The van der Waals surface area contributed by atoms with E-state index < -0.39 is 0 Å². The second-order valence-corrected chi connectivity index (χ2v) is 7.13. The predicted molar refractivity (Wildman–Crippen MR) is 101 cm³/mol. The Morgan fingerprint density at radius 3 is 2.80 bits per heavy atom. The van der Waals surface area contributed by atoms with Gasteiger partial charge in [0.2, 0.25) is 0 Å². The molecule has 1 aromatic heterocycles. The van der Waals surface area contributed by atoms with E-state index >= 15 is 0 Å². The van der Waals surface area contributed by atoms with Crippen LogP contribution in [0.5, 0.6) is 0 Å². The van der Waals surface area contributed by atoms with Gasteiger partial charge < -0.3 is 15.0 Å². The number of halogens is 1. The van der Waals surface area contributed by atoms with Crippen molar-refractivity contribution >= 4 is 16.6 Å². The molecule has 1 saturated heterocycles. The van der Waals surface area contributed by atoms with Gasteiger partial charge in [-0.25, -0.2) is 9.37 Å². The summed E-state index contributed by atoms with van der Waals surface area (Å²) in [6.45, 7) is 9.97. The van der Waals surface area contributed by atoms with Crippen molar-refractivity contribution in [2.75, 3.05) is 31.6 Å². The van der Waals surface area contributed by atoms with Crippen LogP contribution >= 0.6 is 0 Å². The second kappa shape index (κ2) is 8.11. The summed E-state index contributed by atoms with van der Waals surface area (Å²) in [5.41, 5.74) is 2.28. The summed E-state index contributed by atoms with van der Waals surface area (Å²) >= 11 is 0. The standard InChI is InChI=1S/C20H28FN3O/c1-14(2)25-12-11-24-9-7-16(8-10-24)23-19-13-15(3)22-20-17(19)5-4-6-18(20)21/h4-6,13-14,16H,7-12H2,1-3H3,(H,22,23). The van der Waals surface area contributed by atoms with E-state index in [9.17, 15) is 4.39 Å². The van der Waals surface area contributed by atoms with Crippen LogP contribution in [0, 0.1) is 12.7 Å². The minimum atomic E-state index is -0.260. The minimum absolute atomic E-state index is 0.260. The van der Waals surface area contributed by atoms with Gasteiger partial charge in [0.15, 0.2) is 0 Å². The summed E-state index contributed by atoms with van der Waals surface area (Å²) in [7, 11) is 0. The molecule has 1 aromatic carbocycles. The van der Waals surface area contributed by atoms with E-state index in [0.717, 1.165) is 55.9 Å². The zero-order chi connectivity index (χ0) is 17.8. The van der Waals surface area contributed by atoms with E-state index in [1.807, 2.05) is 19.1 Å². The highest BCUT2D eigenvalue weighted by molar-refractivity contribution is 5.91. The molecule has 1 N–H and O–H groups in total. The highest BCUT2D eigenvalue weighted by Gasteiger charge is 2.20. The van der Waals surface area contributed by atoms with Crippen LogP contribution in [0.4, 0.5) is 10.1 Å². The first-order valence-electron chi connectivity index (χ1n) is 9.19. The number of anilines is 1. The number of ether oxygens (including phenoxy) is 1. The normalized spacial score (nSPS) is 16.7. The Labute approximate surface area is 149 Å². The molecule has 0 spiro atoms. The molecule has 2 aromatic rings. The molecule has 1 aliphatic rings. The van der Waals surface area contributed by atoms with E-state index in [0.29, 0.717) is 17.7 Å². The Kier molecular flexibility index (Phi) is 5.86. The van der Waals surface area contributed by atoms with E-state index in [-0.39, 0.29) is 5.82 Å². The quantitative estimate of drug-likeness (QED) is 0.859. The Hall–Kier alpha value is -1.72. The van der Waals surface area contributed by atoms with Gasteiger partial charge in [0.25, 0.3) is 0 Å². The molecule has 0 bridgehead atoms. The predicted octanol–water partition coefficient (Wildman–Crippen LogP) is 3.98. The zero-order valence-corrected chi connectivity index (χ0v) is 15.4. The Morgan fingerprint density at radius 1 is 1.32 bits per heavy atom. The number of fused-ring (bicyclic) bond motifs is 1. The first-order valence-corrected chi connectivity index (χ1v) is 9.19. The van der Waals surface area contributed by atoms with Crippen LogP contribution in [0.2, 0.25) is 0 Å². The molecule has 3 rings (SSSR count). The third-order valence-corrected chi connectivity index (χ3v) is 4.72. The van der Waals surface area contributed by atoms with Gasteiger partial charge in [-0.15, -0.1) is 0 Å². The fourth-order valence-electron chi connectivity index (χ4n) is 3.40. The molecule has 136 valence electrons. The maximum Gasteiger partial charge on any atom is 0.149 e. The summed E-state index contributed by atoms with van der Waals surface area (Å²) in [4.78, 5) is 6.81. The van der Waals surface area contributed by atoms with Crippen molar-refractivity contribution in [2.24, 2.45) is 0 Å². The number of aromatic nitrogens is 1. The molecular weight excluding hydrogens is 317 g/mol. The van der Waals surface area contributed by atoms with Crippen LogP contribution in [-0.4, -0.2) is 48.3 Å². The van der Waals surface area contributed by atoms with Gasteiger partial charge >= 0.3 is 0 Å². The lowest BCUT2D eigenvalue weighted by atomic mass is 10.0. The van der Waals surface area contributed by atoms with Gasteiger partial charge in [-0.2, -0.15) is 0 Å². The summed E-state index contributed by atoms with van der Waals surface area (Å²) < 4.78 is 19.7. The van der Waals surface area contributed by atoms with E-state index in [4.69, 9.17) is 4.74 Å². The number of nitrogens with one attached hydrogen (secondary N) is 1. The van der Waals surface area contributed by atoms with Crippen LogP contribution in [0.25, 0.3) is 10.9 Å². The highest BCUT2D eigenvalue weighted by atomic mass is 19.1. The first kappa shape index (κ1) is 18.1. The van der Waals surface area contributed by atoms with Crippen molar-refractivity contribution in [2.45, 2.75) is 45.8 Å². The molecule has 0 aliphatic carbocycles. The fourth-order valence-corrected chi connectivity index (χ4v) is 3.40. The lowest BCUT2D eigenvalue weighted by Gasteiger charge is -2.33. The average molecular weight is 345 g/mol. The maximum absolute atomic E-state index is 14.0. The molecule has 0 amide bonds. The van der Waals surface area contributed by atoms with Crippen LogP contribution in [-0.2, 0) is 4.74 Å². The maximum atomic E-state index is 14.0. The fraction of sp³-hybridized carbons (Fsp3) is 0.550. The van der Waals surface area contributed by atoms with Crippen molar-refractivity contribution in [1.82, 2.24) is 9.88 Å². The van der Waals surface area contributed by atoms with Gasteiger partial charge in [-0.3, -0.25) is 0 Å². The Morgan fingerprint density at radius 2 is 2.08 bits per heavy atom. The number of benzene rings is 1. The summed E-state index contributed by atoms with van der Waals surface area (Å²) in [5, 5.41) is 4.48. The minimum Gasteiger partial charge on any atom is -0.382 e.